The molecule has 7 nitrogen and oxygen atoms in total. The van der Waals surface area contributed by atoms with Gasteiger partial charge in [-0.25, -0.2) is 4.98 Å². The lowest BCUT2D eigenvalue weighted by Crippen LogP contribution is -2.35. The van der Waals surface area contributed by atoms with Crippen LogP contribution in [0.1, 0.15) is 12.8 Å². The van der Waals surface area contributed by atoms with Gasteiger partial charge in [-0.05, 0) is 62.3 Å². The Balaban J connectivity index is 1.55. The number of aromatic nitrogens is 4. The molecule has 0 saturated carbocycles. The SMILES string of the molecule is Cn1cc2cc(-n3cnc4ccc(NC5CCNCC5)cc4c3=O)ccc2n1. The lowest BCUT2D eigenvalue weighted by molar-refractivity contribution is 0.479. The molecule has 7 heteroatoms. The van der Waals surface area contributed by atoms with E-state index < -0.39 is 0 Å². The molecule has 0 aliphatic carbocycles. The van der Waals surface area contributed by atoms with Gasteiger partial charge in [0.25, 0.3) is 5.56 Å². The molecule has 1 aliphatic rings. The average Bonchev–Trinajstić information content (AvgIpc) is 3.09. The molecule has 4 aromatic rings. The second-order valence-corrected chi connectivity index (χ2v) is 7.37. The number of rotatable bonds is 3. The molecule has 142 valence electrons. The van der Waals surface area contributed by atoms with E-state index in [1.807, 2.05) is 49.6 Å². The van der Waals surface area contributed by atoms with E-state index in [0.717, 1.165) is 48.2 Å². The molecule has 0 bridgehead atoms. The smallest absolute Gasteiger partial charge is 0.265 e. The normalized spacial score (nSPS) is 15.3. The third-order valence-corrected chi connectivity index (χ3v) is 5.35. The van der Waals surface area contributed by atoms with Crippen molar-refractivity contribution in [2.75, 3.05) is 18.4 Å². The van der Waals surface area contributed by atoms with Gasteiger partial charge in [-0.15, -0.1) is 0 Å². The fraction of sp³-hybridized carbons (Fsp3) is 0.286. The largest absolute Gasteiger partial charge is 0.382 e. The Labute approximate surface area is 162 Å². The van der Waals surface area contributed by atoms with Gasteiger partial charge in [0.1, 0.15) is 6.33 Å². The molecule has 28 heavy (non-hydrogen) atoms. The fourth-order valence-corrected chi connectivity index (χ4v) is 3.88. The summed E-state index contributed by atoms with van der Waals surface area (Å²) in [6.45, 7) is 2.05. The van der Waals surface area contributed by atoms with Crippen LogP contribution in [0, 0.1) is 0 Å². The standard InChI is InChI=1S/C21H22N6O/c1-26-12-14-10-17(3-5-19(14)25-26)27-13-23-20-4-2-16(11-18(20)21(27)28)24-15-6-8-22-9-7-15/h2-5,10-13,15,22,24H,6-9H2,1H3. The molecule has 0 unspecified atom stereocenters. The van der Waals surface area contributed by atoms with Gasteiger partial charge in [-0.2, -0.15) is 5.10 Å². The van der Waals surface area contributed by atoms with Crippen LogP contribution in [0.2, 0.25) is 0 Å². The summed E-state index contributed by atoms with van der Waals surface area (Å²) in [5.41, 5.74) is 3.30. The summed E-state index contributed by atoms with van der Waals surface area (Å²) in [6.07, 6.45) is 5.71. The number of fused-ring (bicyclic) bond motifs is 2. The van der Waals surface area contributed by atoms with Gasteiger partial charge < -0.3 is 10.6 Å². The van der Waals surface area contributed by atoms with Crippen molar-refractivity contribution < 1.29 is 0 Å². The molecular formula is C21H22N6O. The van der Waals surface area contributed by atoms with Crippen molar-refractivity contribution in [3.05, 3.63) is 59.3 Å². The number of aryl methyl sites for hydroxylation is 1. The van der Waals surface area contributed by atoms with E-state index in [1.165, 1.54) is 0 Å². The Morgan fingerprint density at radius 1 is 1.11 bits per heavy atom. The van der Waals surface area contributed by atoms with Crippen molar-refractivity contribution in [3.8, 4) is 5.69 Å². The molecule has 1 aliphatic heterocycles. The summed E-state index contributed by atoms with van der Waals surface area (Å²) >= 11 is 0. The van der Waals surface area contributed by atoms with E-state index in [9.17, 15) is 4.79 Å². The molecule has 2 aromatic heterocycles. The minimum absolute atomic E-state index is 0.0674. The first-order valence-electron chi connectivity index (χ1n) is 9.60. The summed E-state index contributed by atoms with van der Waals surface area (Å²) < 4.78 is 3.37. The molecule has 0 atom stereocenters. The Kier molecular flexibility index (Phi) is 4.09. The molecule has 2 aromatic carbocycles. The van der Waals surface area contributed by atoms with Crippen molar-refractivity contribution in [2.24, 2.45) is 7.05 Å². The van der Waals surface area contributed by atoms with Crippen molar-refractivity contribution in [1.82, 2.24) is 24.6 Å². The van der Waals surface area contributed by atoms with E-state index in [1.54, 1.807) is 15.6 Å². The second-order valence-electron chi connectivity index (χ2n) is 7.37. The second kappa shape index (κ2) is 6.76. The number of nitrogens with one attached hydrogen (secondary N) is 2. The van der Waals surface area contributed by atoms with Crippen molar-refractivity contribution in [1.29, 1.82) is 0 Å². The zero-order valence-electron chi connectivity index (χ0n) is 15.7. The molecule has 0 radical (unpaired) electrons. The molecule has 0 amide bonds. The van der Waals surface area contributed by atoms with Crippen LogP contribution in [-0.4, -0.2) is 38.5 Å². The van der Waals surface area contributed by atoms with E-state index in [2.05, 4.69) is 20.7 Å². The third kappa shape index (κ3) is 3.03. The first-order chi connectivity index (χ1) is 13.7. The van der Waals surface area contributed by atoms with Gasteiger partial charge in [0.05, 0.1) is 22.1 Å². The van der Waals surface area contributed by atoms with E-state index in [4.69, 9.17) is 0 Å². The van der Waals surface area contributed by atoms with Gasteiger partial charge in [0.15, 0.2) is 0 Å². The summed E-state index contributed by atoms with van der Waals surface area (Å²) in [4.78, 5) is 17.7. The number of nitrogens with zero attached hydrogens (tertiary/aromatic N) is 4. The van der Waals surface area contributed by atoms with E-state index in [0.29, 0.717) is 16.9 Å². The number of piperidine rings is 1. The Bertz CT molecular complexity index is 1220. The highest BCUT2D eigenvalue weighted by atomic mass is 16.1. The molecule has 1 fully saturated rings. The third-order valence-electron chi connectivity index (χ3n) is 5.35. The van der Waals surface area contributed by atoms with Gasteiger partial charge in [-0.1, -0.05) is 0 Å². The van der Waals surface area contributed by atoms with Crippen molar-refractivity contribution >= 4 is 27.5 Å². The minimum Gasteiger partial charge on any atom is -0.382 e. The van der Waals surface area contributed by atoms with Gasteiger partial charge in [0.2, 0.25) is 0 Å². The minimum atomic E-state index is -0.0674. The average molecular weight is 374 g/mol. The van der Waals surface area contributed by atoms with E-state index >= 15 is 0 Å². The lowest BCUT2D eigenvalue weighted by atomic mass is 10.1. The van der Waals surface area contributed by atoms with Crippen LogP contribution in [0.4, 0.5) is 5.69 Å². The Morgan fingerprint density at radius 2 is 1.93 bits per heavy atom. The lowest BCUT2D eigenvalue weighted by Gasteiger charge is -2.24. The maximum absolute atomic E-state index is 13.2. The Morgan fingerprint density at radius 3 is 2.79 bits per heavy atom. The van der Waals surface area contributed by atoms with Crippen LogP contribution in [0.15, 0.2) is 53.7 Å². The van der Waals surface area contributed by atoms with E-state index in [-0.39, 0.29) is 5.56 Å². The van der Waals surface area contributed by atoms with Gasteiger partial charge in [0, 0.05) is 30.4 Å². The maximum atomic E-state index is 13.2. The van der Waals surface area contributed by atoms with Crippen LogP contribution in [0.25, 0.3) is 27.5 Å². The topological polar surface area (TPSA) is 76.8 Å². The summed E-state index contributed by atoms with van der Waals surface area (Å²) in [7, 11) is 1.89. The summed E-state index contributed by atoms with van der Waals surface area (Å²) in [5.74, 6) is 0. The number of hydrogen-bond donors (Lipinski definition) is 2. The fourth-order valence-electron chi connectivity index (χ4n) is 3.88. The first-order valence-corrected chi connectivity index (χ1v) is 9.60. The molecule has 1 saturated heterocycles. The zero-order chi connectivity index (χ0) is 19.1. The van der Waals surface area contributed by atoms with Crippen molar-refractivity contribution in [2.45, 2.75) is 18.9 Å². The highest BCUT2D eigenvalue weighted by molar-refractivity contribution is 5.83. The highest BCUT2D eigenvalue weighted by Gasteiger charge is 2.14. The Hall–Kier alpha value is -3.19. The van der Waals surface area contributed by atoms with Gasteiger partial charge in [-0.3, -0.25) is 14.0 Å². The van der Waals surface area contributed by atoms with Crippen LogP contribution in [0.5, 0.6) is 0 Å². The summed E-state index contributed by atoms with van der Waals surface area (Å²) in [6, 6.07) is 12.1. The van der Waals surface area contributed by atoms with Crippen LogP contribution in [-0.2, 0) is 7.05 Å². The molecular weight excluding hydrogens is 352 g/mol. The molecule has 0 spiro atoms. The number of benzene rings is 2. The van der Waals surface area contributed by atoms with Crippen molar-refractivity contribution in [3.63, 3.8) is 0 Å². The summed E-state index contributed by atoms with van der Waals surface area (Å²) in [5, 5.41) is 12.9. The number of hydrogen-bond acceptors (Lipinski definition) is 5. The predicted molar refractivity (Wildman–Crippen MR) is 111 cm³/mol. The monoisotopic (exact) mass is 374 g/mol. The van der Waals surface area contributed by atoms with Gasteiger partial charge >= 0.3 is 0 Å². The molecule has 5 rings (SSSR count). The first kappa shape index (κ1) is 16.9. The zero-order valence-corrected chi connectivity index (χ0v) is 15.7. The van der Waals surface area contributed by atoms with Crippen LogP contribution in [0.3, 0.4) is 0 Å². The predicted octanol–water partition coefficient (Wildman–Crippen LogP) is 2.44. The molecule has 3 heterocycles. The van der Waals surface area contributed by atoms with Crippen LogP contribution < -0.4 is 16.2 Å². The maximum Gasteiger partial charge on any atom is 0.265 e. The molecule has 2 N–H and O–H groups in total. The quantitative estimate of drug-likeness (QED) is 0.576. The highest BCUT2D eigenvalue weighted by Crippen LogP contribution is 2.20. The van der Waals surface area contributed by atoms with Crippen LogP contribution >= 0.6 is 0 Å². The number of anilines is 1.